The van der Waals surface area contributed by atoms with Crippen LogP contribution in [0.3, 0.4) is 0 Å². The third kappa shape index (κ3) is 3.58. The number of carbonyl (C=O) groups is 1. The fourth-order valence-corrected chi connectivity index (χ4v) is 2.03. The summed E-state index contributed by atoms with van der Waals surface area (Å²) in [5.41, 5.74) is -1.41. The minimum absolute atomic E-state index is 0.00241. The lowest BCUT2D eigenvalue weighted by Crippen LogP contribution is -2.26. The fraction of sp³-hybridized carbons (Fsp3) is 0.923. The Morgan fingerprint density at radius 1 is 1.20 bits per heavy atom. The summed E-state index contributed by atoms with van der Waals surface area (Å²) >= 11 is 0. The van der Waals surface area contributed by atoms with Crippen LogP contribution in [0, 0.1) is 5.92 Å². The molecule has 0 aromatic rings. The summed E-state index contributed by atoms with van der Waals surface area (Å²) in [4.78, 5) is 11.9. The topological polar surface area (TPSA) is 17.1 Å². The molecule has 15 heavy (non-hydrogen) atoms. The zero-order valence-electron chi connectivity index (χ0n) is 10.0. The molecule has 1 rings (SSSR count). The summed E-state index contributed by atoms with van der Waals surface area (Å²) in [7, 11) is 0. The number of alkyl halides is 1. The molecule has 2 heteroatoms. The quantitative estimate of drug-likeness (QED) is 0.595. The van der Waals surface area contributed by atoms with Crippen molar-refractivity contribution in [2.45, 2.75) is 70.9 Å². The number of ketones is 1. The smallest absolute Gasteiger partial charge is 0.173 e. The second-order valence-corrected chi connectivity index (χ2v) is 4.81. The average molecular weight is 214 g/mol. The van der Waals surface area contributed by atoms with Crippen LogP contribution in [0.4, 0.5) is 4.39 Å². The summed E-state index contributed by atoms with van der Waals surface area (Å²) in [5, 5.41) is 0. The van der Waals surface area contributed by atoms with E-state index in [-0.39, 0.29) is 11.7 Å². The predicted molar refractivity (Wildman–Crippen MR) is 60.6 cm³/mol. The molecule has 0 bridgehead atoms. The van der Waals surface area contributed by atoms with Crippen LogP contribution < -0.4 is 0 Å². The van der Waals surface area contributed by atoms with Gasteiger partial charge in [-0.15, -0.1) is 0 Å². The van der Waals surface area contributed by atoms with Crippen LogP contribution >= 0.6 is 0 Å². The molecule has 0 amide bonds. The molecule has 1 fully saturated rings. The van der Waals surface area contributed by atoms with Gasteiger partial charge in [0.1, 0.15) is 0 Å². The summed E-state index contributed by atoms with van der Waals surface area (Å²) in [6.45, 7) is 4.23. The lowest BCUT2D eigenvalue weighted by Gasteiger charge is -2.17. The molecule has 0 saturated heterocycles. The van der Waals surface area contributed by atoms with E-state index in [1.54, 1.807) is 0 Å². The molecule has 0 heterocycles. The van der Waals surface area contributed by atoms with Crippen molar-refractivity contribution in [1.82, 2.24) is 0 Å². The highest BCUT2D eigenvalue weighted by molar-refractivity contribution is 5.91. The maximum atomic E-state index is 13.6. The van der Waals surface area contributed by atoms with Gasteiger partial charge < -0.3 is 0 Å². The molecule has 1 saturated carbocycles. The monoisotopic (exact) mass is 214 g/mol. The van der Waals surface area contributed by atoms with Crippen molar-refractivity contribution in [3.05, 3.63) is 0 Å². The Labute approximate surface area is 92.4 Å². The van der Waals surface area contributed by atoms with Crippen molar-refractivity contribution in [2.24, 2.45) is 5.92 Å². The van der Waals surface area contributed by atoms with Crippen molar-refractivity contribution >= 4 is 5.78 Å². The van der Waals surface area contributed by atoms with Crippen LogP contribution in [0.25, 0.3) is 0 Å². The summed E-state index contributed by atoms with van der Waals surface area (Å²) in [6, 6.07) is 0. The third-order valence-electron chi connectivity index (χ3n) is 3.31. The molecule has 0 N–H and O–H groups in total. The zero-order valence-corrected chi connectivity index (χ0v) is 10.0. The first-order valence-corrected chi connectivity index (χ1v) is 6.37. The second-order valence-electron chi connectivity index (χ2n) is 4.81. The van der Waals surface area contributed by atoms with Crippen molar-refractivity contribution < 1.29 is 9.18 Å². The molecule has 1 nitrogen and oxygen atoms in total. The van der Waals surface area contributed by atoms with Crippen LogP contribution in [0.5, 0.6) is 0 Å². The van der Waals surface area contributed by atoms with Crippen LogP contribution in [-0.4, -0.2) is 11.5 Å². The molecule has 0 unspecified atom stereocenters. The van der Waals surface area contributed by atoms with Crippen molar-refractivity contribution in [3.8, 4) is 0 Å². The number of rotatable bonds is 8. The molecule has 0 aromatic carbocycles. The Kier molecular flexibility index (Phi) is 4.75. The van der Waals surface area contributed by atoms with E-state index in [1.807, 2.05) is 0 Å². The summed E-state index contributed by atoms with van der Waals surface area (Å²) in [5.74, 6) is -0.0956. The van der Waals surface area contributed by atoms with Gasteiger partial charge in [-0.05, 0) is 25.7 Å². The Morgan fingerprint density at radius 3 is 2.00 bits per heavy atom. The van der Waals surface area contributed by atoms with Crippen molar-refractivity contribution in [3.63, 3.8) is 0 Å². The first-order valence-electron chi connectivity index (χ1n) is 6.37. The van der Waals surface area contributed by atoms with Gasteiger partial charge in [0.15, 0.2) is 11.5 Å². The van der Waals surface area contributed by atoms with Gasteiger partial charge in [-0.25, -0.2) is 4.39 Å². The highest BCUT2D eigenvalue weighted by Gasteiger charge is 2.52. The highest BCUT2D eigenvalue weighted by Crippen LogP contribution is 2.43. The number of halogens is 1. The minimum Gasteiger partial charge on any atom is -0.296 e. The van der Waals surface area contributed by atoms with Crippen molar-refractivity contribution in [2.75, 3.05) is 0 Å². The van der Waals surface area contributed by atoms with Crippen LogP contribution in [0.2, 0.25) is 0 Å². The minimum atomic E-state index is -1.41. The number of carbonyl (C=O) groups excluding carboxylic acids is 1. The first kappa shape index (κ1) is 12.7. The van der Waals surface area contributed by atoms with E-state index in [2.05, 4.69) is 13.8 Å². The molecular formula is C13H23FO. The number of unbranched alkanes of at least 4 members (excludes halogenated alkanes) is 2. The number of hydrogen-bond acceptors (Lipinski definition) is 1. The maximum Gasteiger partial charge on any atom is 0.173 e. The first-order chi connectivity index (χ1) is 7.14. The van der Waals surface area contributed by atoms with Gasteiger partial charge in [0, 0.05) is 5.92 Å². The van der Waals surface area contributed by atoms with Gasteiger partial charge in [0.25, 0.3) is 0 Å². The number of hydrogen-bond donors (Lipinski definition) is 0. The SMILES string of the molecule is CCCCC(CCCC)C(=O)C1(F)CC1. The molecular weight excluding hydrogens is 191 g/mol. The normalized spacial score (nSPS) is 18.1. The van der Waals surface area contributed by atoms with Gasteiger partial charge in [-0.2, -0.15) is 0 Å². The van der Waals surface area contributed by atoms with E-state index < -0.39 is 5.67 Å². The lowest BCUT2D eigenvalue weighted by atomic mass is 9.89. The van der Waals surface area contributed by atoms with E-state index in [0.717, 1.165) is 38.5 Å². The molecule has 0 spiro atoms. The van der Waals surface area contributed by atoms with Crippen LogP contribution in [0.1, 0.15) is 65.2 Å². The standard InChI is InChI=1S/C13H23FO/c1-3-5-7-11(8-6-4-2)12(15)13(14)9-10-13/h11H,3-10H2,1-2H3. The number of Topliss-reactive ketones (excluding diaryl/α,β-unsaturated/α-hetero) is 1. The van der Waals surface area contributed by atoms with Crippen molar-refractivity contribution in [1.29, 1.82) is 0 Å². The van der Waals surface area contributed by atoms with Gasteiger partial charge in [0.05, 0.1) is 0 Å². The Balaban J connectivity index is 2.43. The Morgan fingerprint density at radius 2 is 1.67 bits per heavy atom. The Bertz CT molecular complexity index is 201. The van der Waals surface area contributed by atoms with Gasteiger partial charge in [-0.3, -0.25) is 4.79 Å². The lowest BCUT2D eigenvalue weighted by molar-refractivity contribution is -0.129. The largest absolute Gasteiger partial charge is 0.296 e. The molecule has 0 radical (unpaired) electrons. The summed E-state index contributed by atoms with van der Waals surface area (Å²) < 4.78 is 13.6. The molecule has 0 aliphatic heterocycles. The molecule has 0 atom stereocenters. The van der Waals surface area contributed by atoms with E-state index >= 15 is 0 Å². The maximum absolute atomic E-state index is 13.6. The highest BCUT2D eigenvalue weighted by atomic mass is 19.1. The van der Waals surface area contributed by atoms with E-state index in [0.29, 0.717) is 12.8 Å². The predicted octanol–water partition coefficient (Wildman–Crippen LogP) is 4.05. The summed E-state index contributed by atoms with van der Waals surface area (Å²) in [6.07, 6.45) is 7.01. The third-order valence-corrected chi connectivity index (χ3v) is 3.31. The van der Waals surface area contributed by atoms with E-state index in [9.17, 15) is 9.18 Å². The molecule has 1 aliphatic carbocycles. The van der Waals surface area contributed by atoms with Crippen LogP contribution in [0.15, 0.2) is 0 Å². The Hall–Kier alpha value is -0.400. The van der Waals surface area contributed by atoms with Gasteiger partial charge in [-0.1, -0.05) is 39.5 Å². The van der Waals surface area contributed by atoms with Gasteiger partial charge in [0.2, 0.25) is 0 Å². The molecule has 1 aliphatic rings. The zero-order chi connectivity index (χ0) is 11.3. The van der Waals surface area contributed by atoms with E-state index in [1.165, 1.54) is 0 Å². The fourth-order valence-electron chi connectivity index (χ4n) is 2.03. The molecule has 88 valence electrons. The second kappa shape index (κ2) is 5.62. The molecule has 0 aromatic heterocycles. The average Bonchev–Trinajstić information content (AvgIpc) is 2.97. The van der Waals surface area contributed by atoms with Gasteiger partial charge >= 0.3 is 0 Å². The van der Waals surface area contributed by atoms with E-state index in [4.69, 9.17) is 0 Å². The van der Waals surface area contributed by atoms with Crippen LogP contribution in [-0.2, 0) is 4.79 Å².